The van der Waals surface area contributed by atoms with Crippen molar-refractivity contribution in [1.29, 1.82) is 0 Å². The average Bonchev–Trinajstić information content (AvgIpc) is 2.47. The lowest BCUT2D eigenvalue weighted by Gasteiger charge is -2.34. The number of sulfonamides is 1. The molecule has 0 aromatic carbocycles. The zero-order valence-corrected chi connectivity index (χ0v) is 14.4. The van der Waals surface area contributed by atoms with Crippen LogP contribution in [-0.2, 0) is 10.0 Å². The third-order valence-electron chi connectivity index (χ3n) is 3.59. The van der Waals surface area contributed by atoms with Gasteiger partial charge in [-0.1, -0.05) is 6.92 Å². The van der Waals surface area contributed by atoms with Crippen LogP contribution < -0.4 is 10.2 Å². The molecule has 22 heavy (non-hydrogen) atoms. The maximum Gasteiger partial charge on any atom is 0.224 e. The lowest BCUT2D eigenvalue weighted by atomic mass is 10.3. The van der Waals surface area contributed by atoms with Crippen LogP contribution in [0, 0.1) is 6.92 Å². The predicted molar refractivity (Wildman–Crippen MR) is 88.8 cm³/mol. The number of nitrogens with zero attached hydrogens (tertiary/aromatic N) is 4. The highest BCUT2D eigenvalue weighted by atomic mass is 32.2. The predicted octanol–water partition coefficient (Wildman–Crippen LogP) is 1.08. The smallest absolute Gasteiger partial charge is 0.224 e. The number of anilines is 2. The van der Waals surface area contributed by atoms with Gasteiger partial charge in [0.2, 0.25) is 16.0 Å². The molecule has 1 N–H and O–H groups in total. The number of hydrogen-bond acceptors (Lipinski definition) is 6. The third-order valence-corrected chi connectivity index (χ3v) is 5.67. The molecule has 8 heteroatoms. The summed E-state index contributed by atoms with van der Waals surface area (Å²) in [4.78, 5) is 11.0. The van der Waals surface area contributed by atoms with Gasteiger partial charge >= 0.3 is 0 Å². The molecule has 1 saturated heterocycles. The summed E-state index contributed by atoms with van der Waals surface area (Å²) in [6, 6.07) is 1.94. The second-order valence-corrected chi connectivity index (χ2v) is 7.51. The topological polar surface area (TPSA) is 78.4 Å². The van der Waals surface area contributed by atoms with E-state index in [9.17, 15) is 8.42 Å². The molecule has 0 saturated carbocycles. The largest absolute Gasteiger partial charge is 0.354 e. The fourth-order valence-corrected chi connectivity index (χ4v) is 4.03. The molecule has 0 bridgehead atoms. The van der Waals surface area contributed by atoms with Crippen LogP contribution in [0.3, 0.4) is 0 Å². The minimum Gasteiger partial charge on any atom is -0.354 e. The molecule has 1 aliphatic rings. The Morgan fingerprint density at radius 3 is 2.45 bits per heavy atom. The molecule has 2 heterocycles. The normalized spacial score (nSPS) is 16.8. The summed E-state index contributed by atoms with van der Waals surface area (Å²) >= 11 is 0. The van der Waals surface area contributed by atoms with Crippen LogP contribution in [0.4, 0.5) is 11.8 Å². The standard InChI is InChI=1S/C14H25N5O2S/c1-4-10-22(20,21)19-8-6-18(7-9-19)13-11-12(3)16-14(17-13)15-5-2/h11H,4-10H2,1-3H3,(H,15,16,17). The summed E-state index contributed by atoms with van der Waals surface area (Å²) in [5, 5.41) is 3.12. The Morgan fingerprint density at radius 2 is 1.86 bits per heavy atom. The molecule has 2 rings (SSSR count). The Bertz CT molecular complexity index is 597. The maximum absolute atomic E-state index is 12.1. The number of hydrogen-bond donors (Lipinski definition) is 1. The zero-order valence-electron chi connectivity index (χ0n) is 13.5. The van der Waals surface area contributed by atoms with Gasteiger partial charge in [0, 0.05) is 44.5 Å². The van der Waals surface area contributed by atoms with Crippen molar-refractivity contribution < 1.29 is 8.42 Å². The molecule has 0 spiro atoms. The van der Waals surface area contributed by atoms with Crippen molar-refractivity contribution >= 4 is 21.8 Å². The van der Waals surface area contributed by atoms with Crippen LogP contribution in [0.25, 0.3) is 0 Å². The van der Waals surface area contributed by atoms with Crippen molar-refractivity contribution in [2.75, 3.05) is 48.7 Å². The molecular weight excluding hydrogens is 302 g/mol. The van der Waals surface area contributed by atoms with E-state index in [1.807, 2.05) is 26.8 Å². The van der Waals surface area contributed by atoms with Gasteiger partial charge in [-0.05, 0) is 20.3 Å². The van der Waals surface area contributed by atoms with Crippen molar-refractivity contribution in [3.63, 3.8) is 0 Å². The van der Waals surface area contributed by atoms with Gasteiger partial charge in [-0.15, -0.1) is 0 Å². The van der Waals surface area contributed by atoms with Gasteiger partial charge in [-0.3, -0.25) is 0 Å². The van der Waals surface area contributed by atoms with E-state index in [0.29, 0.717) is 38.5 Å². The minimum absolute atomic E-state index is 0.226. The Kier molecular flexibility index (Phi) is 5.57. The summed E-state index contributed by atoms with van der Waals surface area (Å²) in [7, 11) is -3.10. The van der Waals surface area contributed by atoms with E-state index in [-0.39, 0.29) is 5.75 Å². The first kappa shape index (κ1) is 17.0. The molecule has 1 fully saturated rings. The highest BCUT2D eigenvalue weighted by molar-refractivity contribution is 7.89. The quantitative estimate of drug-likeness (QED) is 0.842. The van der Waals surface area contributed by atoms with E-state index in [2.05, 4.69) is 20.2 Å². The first-order valence-corrected chi connectivity index (χ1v) is 9.39. The fraction of sp³-hybridized carbons (Fsp3) is 0.714. The SMILES string of the molecule is CCCS(=O)(=O)N1CCN(c2cc(C)nc(NCC)n2)CC1. The van der Waals surface area contributed by atoms with E-state index < -0.39 is 10.0 Å². The second-order valence-electron chi connectivity index (χ2n) is 5.42. The number of nitrogens with one attached hydrogen (secondary N) is 1. The van der Waals surface area contributed by atoms with Gasteiger partial charge in [-0.25, -0.2) is 13.4 Å². The molecule has 0 aliphatic carbocycles. The van der Waals surface area contributed by atoms with Gasteiger partial charge in [0.1, 0.15) is 5.82 Å². The zero-order chi connectivity index (χ0) is 16.2. The van der Waals surface area contributed by atoms with Crippen LogP contribution in [0.1, 0.15) is 26.0 Å². The van der Waals surface area contributed by atoms with Gasteiger partial charge in [0.25, 0.3) is 0 Å². The van der Waals surface area contributed by atoms with Crippen molar-refractivity contribution in [1.82, 2.24) is 14.3 Å². The summed E-state index contributed by atoms with van der Waals surface area (Å²) in [6.07, 6.45) is 0.652. The molecule has 1 aliphatic heterocycles. The highest BCUT2D eigenvalue weighted by Gasteiger charge is 2.26. The van der Waals surface area contributed by atoms with E-state index in [1.165, 1.54) is 0 Å². The minimum atomic E-state index is -3.10. The molecule has 1 aromatic rings. The molecular formula is C14H25N5O2S. The summed E-state index contributed by atoms with van der Waals surface area (Å²) in [6.45, 7) is 8.95. The Labute approximate surface area is 132 Å². The van der Waals surface area contributed by atoms with Crippen LogP contribution in [-0.4, -0.2) is 61.2 Å². The van der Waals surface area contributed by atoms with Crippen LogP contribution in [0.15, 0.2) is 6.07 Å². The molecule has 124 valence electrons. The molecule has 0 atom stereocenters. The molecule has 1 aromatic heterocycles. The van der Waals surface area contributed by atoms with Crippen molar-refractivity contribution in [3.8, 4) is 0 Å². The molecule has 0 unspecified atom stereocenters. The summed E-state index contributed by atoms with van der Waals surface area (Å²) in [5.74, 6) is 1.71. The van der Waals surface area contributed by atoms with Gasteiger partial charge in [0.15, 0.2) is 0 Å². The molecule has 0 radical (unpaired) electrons. The average molecular weight is 327 g/mol. The van der Waals surface area contributed by atoms with Gasteiger partial charge in [0.05, 0.1) is 5.75 Å². The second kappa shape index (κ2) is 7.23. The Balaban J connectivity index is 2.05. The Morgan fingerprint density at radius 1 is 1.18 bits per heavy atom. The van der Waals surface area contributed by atoms with Gasteiger partial charge < -0.3 is 10.2 Å². The van der Waals surface area contributed by atoms with E-state index in [1.54, 1.807) is 4.31 Å². The van der Waals surface area contributed by atoms with Crippen molar-refractivity contribution in [3.05, 3.63) is 11.8 Å². The number of piperazine rings is 1. The van der Waals surface area contributed by atoms with Crippen molar-refractivity contribution in [2.45, 2.75) is 27.2 Å². The number of aromatic nitrogens is 2. The molecule has 0 amide bonds. The lowest BCUT2D eigenvalue weighted by molar-refractivity contribution is 0.383. The number of rotatable bonds is 6. The van der Waals surface area contributed by atoms with E-state index >= 15 is 0 Å². The fourth-order valence-electron chi connectivity index (χ4n) is 2.53. The van der Waals surface area contributed by atoms with E-state index in [0.717, 1.165) is 18.1 Å². The first-order chi connectivity index (χ1) is 10.5. The van der Waals surface area contributed by atoms with E-state index in [4.69, 9.17) is 0 Å². The van der Waals surface area contributed by atoms with Crippen LogP contribution >= 0.6 is 0 Å². The third kappa shape index (κ3) is 4.07. The lowest BCUT2D eigenvalue weighted by Crippen LogP contribution is -2.49. The van der Waals surface area contributed by atoms with Gasteiger partial charge in [-0.2, -0.15) is 9.29 Å². The summed E-state index contributed by atoms with van der Waals surface area (Å²) < 4.78 is 25.8. The maximum atomic E-state index is 12.1. The first-order valence-electron chi connectivity index (χ1n) is 7.78. The van der Waals surface area contributed by atoms with Crippen molar-refractivity contribution in [2.24, 2.45) is 0 Å². The highest BCUT2D eigenvalue weighted by Crippen LogP contribution is 2.18. The van der Waals surface area contributed by atoms with Crippen LogP contribution in [0.5, 0.6) is 0 Å². The number of aryl methyl sites for hydroxylation is 1. The monoisotopic (exact) mass is 327 g/mol. The Hall–Kier alpha value is -1.41. The summed E-state index contributed by atoms with van der Waals surface area (Å²) in [5.41, 5.74) is 0.905. The molecule has 7 nitrogen and oxygen atoms in total. The van der Waals surface area contributed by atoms with Crippen LogP contribution in [0.2, 0.25) is 0 Å².